The summed E-state index contributed by atoms with van der Waals surface area (Å²) in [7, 11) is 0. The Bertz CT molecular complexity index is 705. The highest BCUT2D eigenvalue weighted by atomic mass is 32.1. The molecule has 1 aliphatic rings. The summed E-state index contributed by atoms with van der Waals surface area (Å²) < 4.78 is 31.3. The molecule has 2 heterocycles. The summed E-state index contributed by atoms with van der Waals surface area (Å²) >= 11 is 1.12. The van der Waals surface area contributed by atoms with Gasteiger partial charge in [-0.1, -0.05) is 0 Å². The Morgan fingerprint density at radius 3 is 2.70 bits per heavy atom. The summed E-state index contributed by atoms with van der Waals surface area (Å²) in [5.41, 5.74) is 0.344. The first-order valence-electron chi connectivity index (χ1n) is 6.76. The van der Waals surface area contributed by atoms with Crippen LogP contribution in [0.2, 0.25) is 0 Å². The molecule has 0 spiro atoms. The quantitative estimate of drug-likeness (QED) is 0.788. The molecule has 9 heteroatoms. The lowest BCUT2D eigenvalue weighted by molar-refractivity contribution is 0.0882. The van der Waals surface area contributed by atoms with Crippen LogP contribution in [0.3, 0.4) is 0 Å². The highest BCUT2D eigenvalue weighted by Gasteiger charge is 2.28. The summed E-state index contributed by atoms with van der Waals surface area (Å²) in [4.78, 5) is 16.1. The molecule has 0 unspecified atom stereocenters. The summed E-state index contributed by atoms with van der Waals surface area (Å²) in [6.07, 6.45) is -0.745. The average Bonchev–Trinajstić information content (AvgIpc) is 3.08. The maximum atomic E-state index is 13.1. The molecule has 0 bridgehead atoms. The fourth-order valence-electron chi connectivity index (χ4n) is 2.11. The van der Waals surface area contributed by atoms with Gasteiger partial charge in [0.15, 0.2) is 5.13 Å². The van der Waals surface area contributed by atoms with E-state index < -0.39 is 29.7 Å². The van der Waals surface area contributed by atoms with Gasteiger partial charge in [-0.2, -0.15) is 0 Å². The summed E-state index contributed by atoms with van der Waals surface area (Å²) in [5, 5.41) is 16.8. The number of nitrogens with zero attached hydrogens (tertiary/aromatic N) is 1. The minimum Gasteiger partial charge on any atom is -0.388 e. The number of benzene rings is 1. The maximum absolute atomic E-state index is 13.1. The van der Waals surface area contributed by atoms with Crippen LogP contribution in [0.5, 0.6) is 0 Å². The Kier molecular flexibility index (Phi) is 4.51. The van der Waals surface area contributed by atoms with Crippen LogP contribution in [0, 0.1) is 11.6 Å². The molecule has 1 aromatic carbocycles. The van der Waals surface area contributed by atoms with Crippen LogP contribution in [-0.2, 0) is 4.74 Å². The standard InChI is InChI=1S/C14H13F2N3O3S/c15-7-1-8(16)3-9(2-7)17-14-19-11(6-23-14)13(21)18-10-4-22-5-12(10)20/h1-3,6,10,12,20H,4-5H2,(H,17,19)(H,18,21)/t10-,12-/m1/s1. The highest BCUT2D eigenvalue weighted by molar-refractivity contribution is 7.14. The van der Waals surface area contributed by atoms with Gasteiger partial charge < -0.3 is 20.5 Å². The molecule has 0 radical (unpaired) electrons. The van der Waals surface area contributed by atoms with Crippen molar-refractivity contribution in [2.75, 3.05) is 18.5 Å². The zero-order valence-electron chi connectivity index (χ0n) is 11.8. The Labute approximate surface area is 134 Å². The normalized spacial score (nSPS) is 20.5. The second-order valence-electron chi connectivity index (χ2n) is 5.01. The van der Waals surface area contributed by atoms with E-state index in [1.165, 1.54) is 5.38 Å². The maximum Gasteiger partial charge on any atom is 0.271 e. The number of halogens is 2. The number of carbonyl (C=O) groups excluding carboxylic acids is 1. The monoisotopic (exact) mass is 341 g/mol. The van der Waals surface area contributed by atoms with E-state index in [0.29, 0.717) is 5.13 Å². The fraction of sp³-hybridized carbons (Fsp3) is 0.286. The van der Waals surface area contributed by atoms with Crippen LogP contribution in [0.15, 0.2) is 23.6 Å². The zero-order chi connectivity index (χ0) is 16.4. The van der Waals surface area contributed by atoms with Crippen molar-refractivity contribution in [2.45, 2.75) is 12.1 Å². The molecule has 2 atom stereocenters. The van der Waals surface area contributed by atoms with Crippen LogP contribution in [0.4, 0.5) is 19.6 Å². The van der Waals surface area contributed by atoms with E-state index in [9.17, 15) is 18.7 Å². The number of ether oxygens (including phenoxy) is 1. The van der Waals surface area contributed by atoms with E-state index in [1.54, 1.807) is 0 Å². The van der Waals surface area contributed by atoms with Crippen molar-refractivity contribution < 1.29 is 23.4 Å². The van der Waals surface area contributed by atoms with E-state index >= 15 is 0 Å². The van der Waals surface area contributed by atoms with Gasteiger partial charge in [0, 0.05) is 17.1 Å². The minimum atomic E-state index is -0.745. The number of nitrogens with one attached hydrogen (secondary N) is 2. The lowest BCUT2D eigenvalue weighted by Crippen LogP contribution is -2.42. The van der Waals surface area contributed by atoms with Gasteiger partial charge >= 0.3 is 0 Å². The third-order valence-electron chi connectivity index (χ3n) is 3.22. The van der Waals surface area contributed by atoms with Gasteiger partial charge in [-0.05, 0) is 12.1 Å². The molecule has 3 rings (SSSR count). The molecular formula is C14H13F2N3O3S. The first-order valence-corrected chi connectivity index (χ1v) is 7.64. The van der Waals surface area contributed by atoms with Crippen LogP contribution in [0.1, 0.15) is 10.5 Å². The molecular weight excluding hydrogens is 328 g/mol. The number of aliphatic hydroxyl groups excluding tert-OH is 1. The van der Waals surface area contributed by atoms with Gasteiger partial charge in [-0.25, -0.2) is 13.8 Å². The number of hydrogen-bond donors (Lipinski definition) is 3. The van der Waals surface area contributed by atoms with Crippen molar-refractivity contribution in [3.05, 3.63) is 40.9 Å². The summed E-state index contributed by atoms with van der Waals surface area (Å²) in [5.74, 6) is -1.87. The van der Waals surface area contributed by atoms with Crippen molar-refractivity contribution >= 4 is 28.1 Å². The lowest BCUT2D eigenvalue weighted by Gasteiger charge is -2.13. The van der Waals surface area contributed by atoms with Crippen molar-refractivity contribution in [3.63, 3.8) is 0 Å². The fourth-order valence-corrected chi connectivity index (χ4v) is 2.82. The summed E-state index contributed by atoms with van der Waals surface area (Å²) in [6.45, 7) is 0.421. The van der Waals surface area contributed by atoms with Gasteiger partial charge in [-0.3, -0.25) is 4.79 Å². The average molecular weight is 341 g/mol. The van der Waals surface area contributed by atoms with Crippen LogP contribution < -0.4 is 10.6 Å². The topological polar surface area (TPSA) is 83.5 Å². The van der Waals surface area contributed by atoms with Crippen molar-refractivity contribution in [2.24, 2.45) is 0 Å². The number of anilines is 2. The molecule has 1 aliphatic heterocycles. The molecule has 6 nitrogen and oxygen atoms in total. The van der Waals surface area contributed by atoms with Gasteiger partial charge in [0.1, 0.15) is 17.3 Å². The molecule has 23 heavy (non-hydrogen) atoms. The van der Waals surface area contributed by atoms with E-state index in [2.05, 4.69) is 15.6 Å². The number of rotatable bonds is 4. The highest BCUT2D eigenvalue weighted by Crippen LogP contribution is 2.22. The number of aromatic nitrogens is 1. The number of amides is 1. The second-order valence-corrected chi connectivity index (χ2v) is 5.86. The first kappa shape index (κ1) is 15.8. The zero-order valence-corrected chi connectivity index (χ0v) is 12.6. The van der Waals surface area contributed by atoms with Gasteiger partial charge in [0.2, 0.25) is 0 Å². The van der Waals surface area contributed by atoms with E-state index in [-0.39, 0.29) is 24.6 Å². The predicted octanol–water partition coefficient (Wildman–Crippen LogP) is 1.65. The Balaban J connectivity index is 1.66. The Morgan fingerprint density at radius 1 is 1.30 bits per heavy atom. The van der Waals surface area contributed by atoms with Crippen molar-refractivity contribution in [1.29, 1.82) is 0 Å². The molecule has 1 amide bonds. The number of hydrogen-bond acceptors (Lipinski definition) is 6. The molecule has 1 saturated heterocycles. The van der Waals surface area contributed by atoms with Crippen LogP contribution in [-0.4, -0.2) is 41.4 Å². The molecule has 2 aromatic rings. The largest absolute Gasteiger partial charge is 0.388 e. The molecule has 122 valence electrons. The molecule has 1 fully saturated rings. The molecule has 1 aromatic heterocycles. The van der Waals surface area contributed by atoms with Crippen LogP contribution in [0.25, 0.3) is 0 Å². The first-order chi connectivity index (χ1) is 11.0. The smallest absolute Gasteiger partial charge is 0.271 e. The third-order valence-corrected chi connectivity index (χ3v) is 3.98. The molecule has 0 aliphatic carbocycles. The predicted molar refractivity (Wildman–Crippen MR) is 79.8 cm³/mol. The number of thiazole rings is 1. The van der Waals surface area contributed by atoms with E-state index in [0.717, 1.165) is 29.5 Å². The lowest BCUT2D eigenvalue weighted by atomic mass is 10.2. The Morgan fingerprint density at radius 2 is 2.04 bits per heavy atom. The third kappa shape index (κ3) is 3.81. The summed E-state index contributed by atoms with van der Waals surface area (Å²) in [6, 6.07) is 2.53. The number of aliphatic hydroxyl groups is 1. The Hall–Kier alpha value is -2.10. The number of carbonyl (C=O) groups is 1. The van der Waals surface area contributed by atoms with E-state index in [1.807, 2.05) is 0 Å². The minimum absolute atomic E-state index is 0.147. The van der Waals surface area contributed by atoms with Crippen LogP contribution >= 0.6 is 11.3 Å². The van der Waals surface area contributed by atoms with Gasteiger partial charge in [-0.15, -0.1) is 11.3 Å². The second kappa shape index (κ2) is 6.57. The molecule has 3 N–H and O–H groups in total. The molecule has 0 saturated carbocycles. The van der Waals surface area contributed by atoms with Crippen molar-refractivity contribution in [3.8, 4) is 0 Å². The van der Waals surface area contributed by atoms with E-state index in [4.69, 9.17) is 4.74 Å². The SMILES string of the molecule is O=C(N[C@@H]1COC[C@H]1O)c1csc(Nc2cc(F)cc(F)c2)n1. The van der Waals surface area contributed by atoms with Gasteiger partial charge in [0.25, 0.3) is 5.91 Å². The van der Waals surface area contributed by atoms with Crippen molar-refractivity contribution in [1.82, 2.24) is 10.3 Å². The van der Waals surface area contributed by atoms with Gasteiger partial charge in [0.05, 0.1) is 25.4 Å².